The Hall–Kier alpha value is -2.29. The second kappa shape index (κ2) is 5.36. The molecule has 3 nitrogen and oxygen atoms in total. The molecule has 92 valence electrons. The second-order valence-corrected chi connectivity index (χ2v) is 3.80. The van der Waals surface area contributed by atoms with E-state index in [1.165, 1.54) is 0 Å². The van der Waals surface area contributed by atoms with Gasteiger partial charge < -0.3 is 9.84 Å². The number of carboxylic acids is 1. The minimum atomic E-state index is -0.951. The summed E-state index contributed by atoms with van der Waals surface area (Å²) in [6, 6.07) is 11.5. The van der Waals surface area contributed by atoms with Gasteiger partial charge in [0.25, 0.3) is 0 Å². The monoisotopic (exact) mass is 242 g/mol. The van der Waals surface area contributed by atoms with Crippen LogP contribution in [0.2, 0.25) is 0 Å². The maximum absolute atomic E-state index is 10.6. The topological polar surface area (TPSA) is 46.5 Å². The van der Waals surface area contributed by atoms with Crippen LogP contribution in [0.3, 0.4) is 0 Å². The summed E-state index contributed by atoms with van der Waals surface area (Å²) in [5, 5.41) is 10.7. The summed E-state index contributed by atoms with van der Waals surface area (Å²) in [5.41, 5.74) is 0.872. The van der Waals surface area contributed by atoms with Gasteiger partial charge in [0.2, 0.25) is 0 Å². The molecule has 0 spiro atoms. The van der Waals surface area contributed by atoms with Crippen molar-refractivity contribution in [1.82, 2.24) is 0 Å². The summed E-state index contributed by atoms with van der Waals surface area (Å²) in [6.07, 6.45) is 2.74. The molecule has 0 aliphatic carbocycles. The summed E-state index contributed by atoms with van der Waals surface area (Å²) >= 11 is 0. The average molecular weight is 242 g/mol. The van der Waals surface area contributed by atoms with E-state index in [1.54, 1.807) is 6.08 Å². The third kappa shape index (κ3) is 2.51. The van der Waals surface area contributed by atoms with Crippen LogP contribution < -0.4 is 4.74 Å². The number of carboxylic acid groups (broad SMARTS) is 1. The zero-order valence-electron chi connectivity index (χ0n) is 10.1. The van der Waals surface area contributed by atoms with Crippen molar-refractivity contribution in [3.63, 3.8) is 0 Å². The first-order valence-electron chi connectivity index (χ1n) is 5.78. The minimum Gasteiger partial charge on any atom is -0.493 e. The van der Waals surface area contributed by atoms with E-state index in [9.17, 15) is 4.79 Å². The molecule has 0 aliphatic rings. The third-order valence-electron chi connectivity index (χ3n) is 2.62. The Morgan fingerprint density at radius 1 is 1.22 bits per heavy atom. The molecular formula is C15H14O3. The van der Waals surface area contributed by atoms with Crippen LogP contribution in [0.15, 0.2) is 42.5 Å². The molecule has 0 aliphatic heterocycles. The minimum absolute atomic E-state index is 0.605. The van der Waals surface area contributed by atoms with Crippen molar-refractivity contribution in [1.29, 1.82) is 0 Å². The predicted octanol–water partition coefficient (Wildman–Crippen LogP) is 3.34. The van der Waals surface area contributed by atoms with Gasteiger partial charge >= 0.3 is 5.97 Å². The zero-order valence-corrected chi connectivity index (χ0v) is 10.1. The van der Waals surface area contributed by atoms with E-state index in [0.29, 0.717) is 6.61 Å². The van der Waals surface area contributed by atoms with E-state index in [1.807, 2.05) is 43.3 Å². The standard InChI is InChI=1S/C15H14O3/c1-2-18-14-9-7-11(8-10-15(16)17)12-5-3-4-6-13(12)14/h3-10H,2H2,1H3,(H,16,17)/b10-8-. The summed E-state index contributed by atoms with van der Waals surface area (Å²) in [7, 11) is 0. The molecule has 2 aromatic rings. The van der Waals surface area contributed by atoms with Gasteiger partial charge in [-0.2, -0.15) is 0 Å². The van der Waals surface area contributed by atoms with Crippen molar-refractivity contribution < 1.29 is 14.6 Å². The quantitative estimate of drug-likeness (QED) is 0.836. The Morgan fingerprint density at radius 2 is 1.94 bits per heavy atom. The lowest BCUT2D eigenvalue weighted by Crippen LogP contribution is -1.93. The van der Waals surface area contributed by atoms with Gasteiger partial charge in [0.1, 0.15) is 5.75 Å². The number of aliphatic carboxylic acids is 1. The second-order valence-electron chi connectivity index (χ2n) is 3.80. The van der Waals surface area contributed by atoms with Gasteiger partial charge in [-0.1, -0.05) is 30.3 Å². The molecule has 0 atom stereocenters. The molecule has 0 saturated carbocycles. The molecule has 0 unspecified atom stereocenters. The van der Waals surface area contributed by atoms with Crippen LogP contribution in [0.4, 0.5) is 0 Å². The first-order chi connectivity index (χ1) is 8.72. The van der Waals surface area contributed by atoms with E-state index in [2.05, 4.69) is 0 Å². The van der Waals surface area contributed by atoms with E-state index in [4.69, 9.17) is 9.84 Å². The molecule has 0 radical (unpaired) electrons. The van der Waals surface area contributed by atoms with Crippen molar-refractivity contribution in [2.45, 2.75) is 6.92 Å². The maximum atomic E-state index is 10.6. The molecular weight excluding hydrogens is 228 g/mol. The molecule has 0 saturated heterocycles. The zero-order chi connectivity index (χ0) is 13.0. The first-order valence-corrected chi connectivity index (χ1v) is 5.78. The van der Waals surface area contributed by atoms with Crippen molar-refractivity contribution >= 4 is 22.8 Å². The van der Waals surface area contributed by atoms with Gasteiger partial charge in [0.15, 0.2) is 0 Å². The fourth-order valence-corrected chi connectivity index (χ4v) is 1.88. The van der Waals surface area contributed by atoms with Gasteiger partial charge in [-0.3, -0.25) is 0 Å². The summed E-state index contributed by atoms with van der Waals surface area (Å²) < 4.78 is 5.56. The molecule has 3 heteroatoms. The molecule has 2 aromatic carbocycles. The Balaban J connectivity index is 2.57. The molecule has 1 N–H and O–H groups in total. The fraction of sp³-hybridized carbons (Fsp3) is 0.133. The molecule has 2 rings (SSSR count). The van der Waals surface area contributed by atoms with Crippen molar-refractivity contribution in [2.24, 2.45) is 0 Å². The SMILES string of the molecule is CCOc1ccc(/C=C\C(=O)O)c2ccccc12. The lowest BCUT2D eigenvalue weighted by atomic mass is 10.0. The van der Waals surface area contributed by atoms with Crippen LogP contribution in [0.1, 0.15) is 12.5 Å². The Kier molecular flexibility index (Phi) is 3.63. The lowest BCUT2D eigenvalue weighted by Gasteiger charge is -2.09. The molecule has 0 aromatic heterocycles. The fourth-order valence-electron chi connectivity index (χ4n) is 1.88. The van der Waals surface area contributed by atoms with Gasteiger partial charge in [0, 0.05) is 11.5 Å². The van der Waals surface area contributed by atoms with E-state index in [0.717, 1.165) is 28.2 Å². The van der Waals surface area contributed by atoms with E-state index >= 15 is 0 Å². The highest BCUT2D eigenvalue weighted by atomic mass is 16.5. The molecule has 0 heterocycles. The number of carbonyl (C=O) groups is 1. The highest BCUT2D eigenvalue weighted by Gasteiger charge is 2.04. The normalized spacial score (nSPS) is 10.9. The van der Waals surface area contributed by atoms with E-state index in [-0.39, 0.29) is 0 Å². The molecule has 0 amide bonds. The van der Waals surface area contributed by atoms with Crippen molar-refractivity contribution in [2.75, 3.05) is 6.61 Å². The Morgan fingerprint density at radius 3 is 2.61 bits per heavy atom. The summed E-state index contributed by atoms with van der Waals surface area (Å²) in [5.74, 6) is -0.131. The lowest BCUT2D eigenvalue weighted by molar-refractivity contribution is -0.131. The van der Waals surface area contributed by atoms with Crippen LogP contribution in [0.5, 0.6) is 5.75 Å². The number of fused-ring (bicyclic) bond motifs is 1. The van der Waals surface area contributed by atoms with Crippen LogP contribution in [-0.4, -0.2) is 17.7 Å². The molecule has 0 fully saturated rings. The van der Waals surface area contributed by atoms with Crippen LogP contribution in [0.25, 0.3) is 16.8 Å². The summed E-state index contributed by atoms with van der Waals surface area (Å²) in [6.45, 7) is 2.54. The molecule has 0 bridgehead atoms. The smallest absolute Gasteiger partial charge is 0.328 e. The van der Waals surface area contributed by atoms with Crippen molar-refractivity contribution in [3.8, 4) is 5.75 Å². The Labute approximate surface area is 105 Å². The van der Waals surface area contributed by atoms with Crippen molar-refractivity contribution in [3.05, 3.63) is 48.0 Å². The molecule has 18 heavy (non-hydrogen) atoms. The van der Waals surface area contributed by atoms with Crippen LogP contribution >= 0.6 is 0 Å². The first kappa shape index (κ1) is 12.2. The third-order valence-corrected chi connectivity index (χ3v) is 2.62. The van der Waals surface area contributed by atoms with Crippen LogP contribution in [-0.2, 0) is 4.79 Å². The van der Waals surface area contributed by atoms with Gasteiger partial charge in [0.05, 0.1) is 6.61 Å². The highest BCUT2D eigenvalue weighted by molar-refractivity contribution is 5.97. The number of rotatable bonds is 4. The number of ether oxygens (including phenoxy) is 1. The average Bonchev–Trinajstić information content (AvgIpc) is 2.38. The van der Waals surface area contributed by atoms with E-state index < -0.39 is 5.97 Å². The highest BCUT2D eigenvalue weighted by Crippen LogP contribution is 2.29. The number of benzene rings is 2. The van der Waals surface area contributed by atoms with Gasteiger partial charge in [-0.25, -0.2) is 4.79 Å². The van der Waals surface area contributed by atoms with Gasteiger partial charge in [-0.15, -0.1) is 0 Å². The summed E-state index contributed by atoms with van der Waals surface area (Å²) in [4.78, 5) is 10.6. The number of hydrogen-bond acceptors (Lipinski definition) is 2. The van der Waals surface area contributed by atoms with Gasteiger partial charge in [-0.05, 0) is 30.0 Å². The largest absolute Gasteiger partial charge is 0.493 e. The predicted molar refractivity (Wildman–Crippen MR) is 71.8 cm³/mol. The van der Waals surface area contributed by atoms with Crippen LogP contribution in [0, 0.1) is 0 Å². The number of hydrogen-bond donors (Lipinski definition) is 1. The maximum Gasteiger partial charge on any atom is 0.328 e. The Bertz CT molecular complexity index is 600.